The molecular weight excluding hydrogens is 196 g/mol. The standard InChI is InChI=1S/C11H11ClN2/c12-6-1-7-14-9-11-4-2-10(8-13)3-5-11/h2-5,9H,1,6-7H2. The molecule has 3 heteroatoms. The molecule has 2 nitrogen and oxygen atoms in total. The molecular formula is C11H11ClN2. The van der Waals surface area contributed by atoms with Crippen molar-refractivity contribution in [2.45, 2.75) is 6.42 Å². The Morgan fingerprint density at radius 3 is 2.64 bits per heavy atom. The Kier molecular flexibility index (Phi) is 4.74. The van der Waals surface area contributed by atoms with Crippen molar-refractivity contribution in [3.8, 4) is 6.07 Å². The van der Waals surface area contributed by atoms with E-state index in [0.717, 1.165) is 18.5 Å². The lowest BCUT2D eigenvalue weighted by molar-refractivity contribution is 0.943. The number of alkyl halides is 1. The van der Waals surface area contributed by atoms with Crippen LogP contribution in [-0.2, 0) is 0 Å². The van der Waals surface area contributed by atoms with Gasteiger partial charge in [-0.25, -0.2) is 0 Å². The van der Waals surface area contributed by atoms with Gasteiger partial charge in [0, 0.05) is 18.6 Å². The van der Waals surface area contributed by atoms with Gasteiger partial charge in [0.2, 0.25) is 0 Å². The van der Waals surface area contributed by atoms with Crippen molar-refractivity contribution in [1.82, 2.24) is 0 Å². The molecule has 0 saturated heterocycles. The zero-order chi connectivity index (χ0) is 10.2. The van der Waals surface area contributed by atoms with E-state index in [9.17, 15) is 0 Å². The van der Waals surface area contributed by atoms with E-state index in [1.165, 1.54) is 0 Å². The van der Waals surface area contributed by atoms with Gasteiger partial charge in [-0.1, -0.05) is 12.1 Å². The average molecular weight is 207 g/mol. The highest BCUT2D eigenvalue weighted by Crippen LogP contribution is 2.00. The van der Waals surface area contributed by atoms with Crippen LogP contribution in [0.3, 0.4) is 0 Å². The zero-order valence-electron chi connectivity index (χ0n) is 7.78. The molecule has 0 saturated carbocycles. The maximum Gasteiger partial charge on any atom is 0.0991 e. The summed E-state index contributed by atoms with van der Waals surface area (Å²) in [5.74, 6) is 0.644. The highest BCUT2D eigenvalue weighted by molar-refractivity contribution is 6.17. The number of benzene rings is 1. The Hall–Kier alpha value is -1.33. The minimum absolute atomic E-state index is 0.644. The first kappa shape index (κ1) is 10.7. The summed E-state index contributed by atoms with van der Waals surface area (Å²) in [6.07, 6.45) is 2.70. The summed E-state index contributed by atoms with van der Waals surface area (Å²) in [5.41, 5.74) is 1.68. The van der Waals surface area contributed by atoms with E-state index in [2.05, 4.69) is 11.1 Å². The van der Waals surface area contributed by atoms with Crippen LogP contribution < -0.4 is 0 Å². The lowest BCUT2D eigenvalue weighted by Gasteiger charge is -1.92. The van der Waals surface area contributed by atoms with Gasteiger partial charge in [0.1, 0.15) is 0 Å². The molecule has 0 aliphatic carbocycles. The molecule has 14 heavy (non-hydrogen) atoms. The van der Waals surface area contributed by atoms with E-state index in [1.54, 1.807) is 18.3 Å². The molecule has 1 aromatic rings. The lowest BCUT2D eigenvalue weighted by atomic mass is 10.2. The minimum atomic E-state index is 0.644. The number of nitrogens with zero attached hydrogens (tertiary/aromatic N) is 2. The Morgan fingerprint density at radius 2 is 2.07 bits per heavy atom. The highest BCUT2D eigenvalue weighted by Gasteiger charge is 1.89. The fourth-order valence-corrected chi connectivity index (χ4v) is 1.08. The molecule has 0 bridgehead atoms. The van der Waals surface area contributed by atoms with Gasteiger partial charge in [-0.3, -0.25) is 4.99 Å². The molecule has 0 unspecified atom stereocenters. The van der Waals surface area contributed by atoms with Crippen molar-refractivity contribution < 1.29 is 0 Å². The van der Waals surface area contributed by atoms with E-state index in [1.807, 2.05) is 12.1 Å². The van der Waals surface area contributed by atoms with Crippen molar-refractivity contribution in [3.63, 3.8) is 0 Å². The Bertz CT molecular complexity index is 335. The van der Waals surface area contributed by atoms with Gasteiger partial charge >= 0.3 is 0 Å². The van der Waals surface area contributed by atoms with Crippen LogP contribution in [0.25, 0.3) is 0 Å². The molecule has 0 aromatic heterocycles. The summed E-state index contributed by atoms with van der Waals surface area (Å²) >= 11 is 5.51. The van der Waals surface area contributed by atoms with Crippen molar-refractivity contribution in [2.24, 2.45) is 4.99 Å². The van der Waals surface area contributed by atoms with Gasteiger partial charge in [0.25, 0.3) is 0 Å². The van der Waals surface area contributed by atoms with Gasteiger partial charge in [-0.15, -0.1) is 11.6 Å². The summed E-state index contributed by atoms with van der Waals surface area (Å²) in [6, 6.07) is 9.39. The topological polar surface area (TPSA) is 36.1 Å². The van der Waals surface area contributed by atoms with Crippen molar-refractivity contribution in [3.05, 3.63) is 35.4 Å². The second kappa shape index (κ2) is 6.17. The second-order valence-electron chi connectivity index (χ2n) is 2.81. The van der Waals surface area contributed by atoms with E-state index in [0.29, 0.717) is 11.4 Å². The number of nitriles is 1. The van der Waals surface area contributed by atoms with Gasteiger partial charge in [-0.2, -0.15) is 5.26 Å². The van der Waals surface area contributed by atoms with Crippen molar-refractivity contribution >= 4 is 17.8 Å². The van der Waals surface area contributed by atoms with Crippen LogP contribution in [0, 0.1) is 11.3 Å². The molecule has 0 atom stereocenters. The van der Waals surface area contributed by atoms with Gasteiger partial charge in [-0.05, 0) is 24.1 Å². The van der Waals surface area contributed by atoms with Crippen molar-refractivity contribution in [2.75, 3.05) is 12.4 Å². The second-order valence-corrected chi connectivity index (χ2v) is 3.19. The maximum atomic E-state index is 8.58. The Morgan fingerprint density at radius 1 is 1.36 bits per heavy atom. The third-order valence-corrected chi connectivity index (χ3v) is 1.97. The minimum Gasteiger partial charge on any atom is -0.293 e. The summed E-state index contributed by atoms with van der Waals surface area (Å²) < 4.78 is 0. The lowest BCUT2D eigenvalue weighted by Crippen LogP contribution is -1.85. The quantitative estimate of drug-likeness (QED) is 0.424. The van der Waals surface area contributed by atoms with E-state index < -0.39 is 0 Å². The summed E-state index contributed by atoms with van der Waals surface area (Å²) in [7, 11) is 0. The molecule has 0 aliphatic rings. The summed E-state index contributed by atoms with van der Waals surface area (Å²) in [4.78, 5) is 4.19. The summed E-state index contributed by atoms with van der Waals surface area (Å²) in [6.45, 7) is 0.753. The molecule has 0 fully saturated rings. The van der Waals surface area contributed by atoms with Crippen LogP contribution in [0.15, 0.2) is 29.3 Å². The zero-order valence-corrected chi connectivity index (χ0v) is 8.54. The van der Waals surface area contributed by atoms with Crippen LogP contribution in [-0.4, -0.2) is 18.6 Å². The Balaban J connectivity index is 2.52. The SMILES string of the molecule is N#Cc1ccc(C=NCCCCl)cc1. The first-order valence-corrected chi connectivity index (χ1v) is 4.96. The normalized spacial score (nSPS) is 10.3. The highest BCUT2D eigenvalue weighted by atomic mass is 35.5. The molecule has 0 N–H and O–H groups in total. The van der Waals surface area contributed by atoms with Crippen LogP contribution in [0.4, 0.5) is 0 Å². The molecule has 0 radical (unpaired) electrons. The average Bonchev–Trinajstić information content (AvgIpc) is 2.25. The Labute approximate surface area is 88.8 Å². The predicted octanol–water partition coefficient (Wildman–Crippen LogP) is 2.61. The first-order valence-electron chi connectivity index (χ1n) is 4.43. The molecule has 1 aromatic carbocycles. The van der Waals surface area contributed by atoms with Crippen LogP contribution in [0.5, 0.6) is 0 Å². The van der Waals surface area contributed by atoms with Crippen LogP contribution >= 0.6 is 11.6 Å². The molecule has 0 amide bonds. The van der Waals surface area contributed by atoms with E-state index in [-0.39, 0.29) is 0 Å². The van der Waals surface area contributed by atoms with Gasteiger partial charge in [0.15, 0.2) is 0 Å². The number of hydrogen-bond acceptors (Lipinski definition) is 2. The van der Waals surface area contributed by atoms with Gasteiger partial charge in [0.05, 0.1) is 11.6 Å². The van der Waals surface area contributed by atoms with Crippen LogP contribution in [0.1, 0.15) is 17.5 Å². The number of aliphatic imine (C=N–C) groups is 1. The largest absolute Gasteiger partial charge is 0.293 e. The predicted molar refractivity (Wildman–Crippen MR) is 59.0 cm³/mol. The monoisotopic (exact) mass is 206 g/mol. The molecule has 1 rings (SSSR count). The molecule has 0 spiro atoms. The third-order valence-electron chi connectivity index (χ3n) is 1.70. The number of rotatable bonds is 4. The van der Waals surface area contributed by atoms with E-state index >= 15 is 0 Å². The van der Waals surface area contributed by atoms with Crippen LogP contribution in [0.2, 0.25) is 0 Å². The smallest absolute Gasteiger partial charge is 0.0991 e. The fourth-order valence-electron chi connectivity index (χ4n) is 0.965. The number of hydrogen-bond donors (Lipinski definition) is 0. The maximum absolute atomic E-state index is 8.58. The molecule has 0 aliphatic heterocycles. The number of halogens is 1. The molecule has 72 valence electrons. The van der Waals surface area contributed by atoms with E-state index in [4.69, 9.17) is 16.9 Å². The fraction of sp³-hybridized carbons (Fsp3) is 0.273. The summed E-state index contributed by atoms with van der Waals surface area (Å²) in [5, 5.41) is 8.58. The molecule has 0 heterocycles. The first-order chi connectivity index (χ1) is 6.86. The third kappa shape index (κ3) is 3.59. The van der Waals surface area contributed by atoms with Crippen molar-refractivity contribution in [1.29, 1.82) is 5.26 Å². The van der Waals surface area contributed by atoms with Gasteiger partial charge < -0.3 is 0 Å².